The summed E-state index contributed by atoms with van der Waals surface area (Å²) in [5, 5.41) is 3.09. The van der Waals surface area contributed by atoms with Crippen LogP contribution in [0.15, 0.2) is 6.20 Å². The molecule has 1 aliphatic rings. The number of carbonyl (C=O) groups excluding carboxylic acids is 1. The van der Waals surface area contributed by atoms with Crippen LogP contribution in [0.5, 0.6) is 0 Å². The minimum atomic E-state index is -0.145. The van der Waals surface area contributed by atoms with E-state index in [9.17, 15) is 4.79 Å². The van der Waals surface area contributed by atoms with E-state index < -0.39 is 0 Å². The van der Waals surface area contributed by atoms with E-state index >= 15 is 0 Å². The summed E-state index contributed by atoms with van der Waals surface area (Å²) in [6.07, 6.45) is 6.06. The highest BCUT2D eigenvalue weighted by Crippen LogP contribution is 2.18. The molecule has 1 N–H and O–H groups in total. The second-order valence-corrected chi connectivity index (χ2v) is 4.46. The third-order valence-electron chi connectivity index (χ3n) is 2.85. The van der Waals surface area contributed by atoms with Gasteiger partial charge in [-0.25, -0.2) is 9.97 Å². The molecule has 1 aromatic heterocycles. The average Bonchev–Trinajstić information content (AvgIpc) is 2.74. The van der Waals surface area contributed by atoms with Crippen LogP contribution in [0.4, 0.5) is 0 Å². The van der Waals surface area contributed by atoms with Crippen LogP contribution in [0.3, 0.4) is 0 Å². The van der Waals surface area contributed by atoms with E-state index in [0.29, 0.717) is 11.7 Å². The van der Waals surface area contributed by atoms with Crippen LogP contribution in [-0.2, 0) is 0 Å². The smallest absolute Gasteiger partial charge is 0.270 e. The van der Waals surface area contributed by atoms with Crippen molar-refractivity contribution in [1.29, 1.82) is 0 Å². The van der Waals surface area contributed by atoms with Gasteiger partial charge in [0.1, 0.15) is 5.69 Å². The molecule has 1 aromatic rings. The molecule has 5 heteroatoms. The molecule has 1 amide bonds. The summed E-state index contributed by atoms with van der Waals surface area (Å²) in [6, 6.07) is 0.292. The van der Waals surface area contributed by atoms with Crippen molar-refractivity contribution in [2.45, 2.75) is 38.6 Å². The first-order valence-electron chi connectivity index (χ1n) is 5.47. The lowest BCUT2D eigenvalue weighted by Gasteiger charge is -2.12. The molecule has 86 valence electrons. The molecule has 1 fully saturated rings. The molecule has 0 radical (unpaired) electrons. The van der Waals surface area contributed by atoms with E-state index in [1.165, 1.54) is 12.8 Å². The Morgan fingerprint density at radius 2 is 2.19 bits per heavy atom. The summed E-state index contributed by atoms with van der Waals surface area (Å²) >= 11 is 5.68. The molecule has 16 heavy (non-hydrogen) atoms. The highest BCUT2D eigenvalue weighted by Gasteiger charge is 2.20. The Balaban J connectivity index is 2.10. The van der Waals surface area contributed by atoms with Crippen molar-refractivity contribution in [2.75, 3.05) is 0 Å². The van der Waals surface area contributed by atoms with Crippen LogP contribution < -0.4 is 5.32 Å². The minimum absolute atomic E-state index is 0.113. The molecule has 0 unspecified atom stereocenters. The van der Waals surface area contributed by atoms with Gasteiger partial charge in [0, 0.05) is 12.2 Å². The van der Waals surface area contributed by atoms with Gasteiger partial charge in [-0.05, 0) is 36.9 Å². The fraction of sp³-hybridized carbons (Fsp3) is 0.545. The molecule has 4 nitrogen and oxygen atoms in total. The van der Waals surface area contributed by atoms with Crippen LogP contribution in [0, 0.1) is 6.92 Å². The number of nitrogens with one attached hydrogen (secondary N) is 1. The molecule has 1 heterocycles. The van der Waals surface area contributed by atoms with E-state index in [0.717, 1.165) is 18.4 Å². The second kappa shape index (κ2) is 4.78. The van der Waals surface area contributed by atoms with Crippen LogP contribution in [-0.4, -0.2) is 21.9 Å². The summed E-state index contributed by atoms with van der Waals surface area (Å²) in [4.78, 5) is 19.7. The molecule has 0 aromatic carbocycles. The molecular weight excluding hydrogens is 226 g/mol. The van der Waals surface area contributed by atoms with E-state index in [1.807, 2.05) is 0 Å². The largest absolute Gasteiger partial charge is 0.348 e. The Bertz CT molecular complexity index is 402. The zero-order chi connectivity index (χ0) is 11.5. The van der Waals surface area contributed by atoms with Gasteiger partial charge < -0.3 is 5.32 Å². The standard InChI is InChI=1S/C11H14ClN3O/c1-7-6-13-11(12)15-9(7)10(16)14-8-4-2-3-5-8/h6,8H,2-5H2,1H3,(H,14,16). The molecule has 1 saturated carbocycles. The lowest BCUT2D eigenvalue weighted by molar-refractivity contribution is 0.0932. The van der Waals surface area contributed by atoms with Crippen LogP contribution in [0.25, 0.3) is 0 Å². The topological polar surface area (TPSA) is 54.9 Å². The van der Waals surface area contributed by atoms with E-state index in [1.54, 1.807) is 13.1 Å². The summed E-state index contributed by atoms with van der Waals surface area (Å²) in [6.45, 7) is 1.81. The predicted molar refractivity (Wildman–Crippen MR) is 61.5 cm³/mol. The molecule has 2 rings (SSSR count). The van der Waals surface area contributed by atoms with Gasteiger partial charge in [-0.15, -0.1) is 0 Å². The van der Waals surface area contributed by atoms with Crippen molar-refractivity contribution >= 4 is 17.5 Å². The quantitative estimate of drug-likeness (QED) is 0.805. The van der Waals surface area contributed by atoms with Crippen LogP contribution in [0.2, 0.25) is 5.28 Å². The van der Waals surface area contributed by atoms with Crippen molar-refractivity contribution in [3.63, 3.8) is 0 Å². The van der Waals surface area contributed by atoms with E-state index in [4.69, 9.17) is 11.6 Å². The van der Waals surface area contributed by atoms with Crippen molar-refractivity contribution in [2.24, 2.45) is 0 Å². The number of aromatic nitrogens is 2. The average molecular weight is 240 g/mol. The van der Waals surface area contributed by atoms with Gasteiger partial charge in [0.05, 0.1) is 0 Å². The Labute approximate surface area is 99.4 Å². The lowest BCUT2D eigenvalue weighted by atomic mass is 10.2. The summed E-state index contributed by atoms with van der Waals surface area (Å²) < 4.78 is 0. The van der Waals surface area contributed by atoms with Crippen LogP contribution in [0.1, 0.15) is 41.7 Å². The van der Waals surface area contributed by atoms with Gasteiger partial charge in [0.15, 0.2) is 0 Å². The Kier molecular flexibility index (Phi) is 3.39. The van der Waals surface area contributed by atoms with Gasteiger partial charge >= 0.3 is 0 Å². The molecular formula is C11H14ClN3O. The first kappa shape index (κ1) is 11.3. The van der Waals surface area contributed by atoms with Gasteiger partial charge in [-0.3, -0.25) is 4.79 Å². The summed E-state index contributed by atoms with van der Waals surface area (Å²) in [5.41, 5.74) is 1.13. The number of carbonyl (C=O) groups is 1. The maximum atomic E-state index is 11.9. The number of nitrogens with zero attached hydrogens (tertiary/aromatic N) is 2. The number of hydrogen-bond acceptors (Lipinski definition) is 3. The normalized spacial score (nSPS) is 16.4. The van der Waals surface area contributed by atoms with E-state index in [2.05, 4.69) is 15.3 Å². The minimum Gasteiger partial charge on any atom is -0.348 e. The number of halogens is 1. The molecule has 1 aliphatic carbocycles. The number of amides is 1. The molecule has 0 spiro atoms. The SMILES string of the molecule is Cc1cnc(Cl)nc1C(=O)NC1CCCC1. The van der Waals surface area contributed by atoms with Crippen molar-refractivity contribution in [3.8, 4) is 0 Å². The fourth-order valence-electron chi connectivity index (χ4n) is 1.97. The molecule has 0 atom stereocenters. The van der Waals surface area contributed by atoms with Gasteiger partial charge in [-0.2, -0.15) is 0 Å². The van der Waals surface area contributed by atoms with Crippen molar-refractivity contribution < 1.29 is 4.79 Å². The monoisotopic (exact) mass is 239 g/mol. The van der Waals surface area contributed by atoms with Gasteiger partial charge in [0.2, 0.25) is 5.28 Å². The number of hydrogen-bond donors (Lipinski definition) is 1. The third kappa shape index (κ3) is 2.50. The van der Waals surface area contributed by atoms with Gasteiger partial charge in [0.25, 0.3) is 5.91 Å². The summed E-state index contributed by atoms with van der Waals surface area (Å²) in [7, 11) is 0. The second-order valence-electron chi connectivity index (χ2n) is 4.13. The number of rotatable bonds is 2. The maximum absolute atomic E-state index is 11.9. The molecule has 0 saturated heterocycles. The van der Waals surface area contributed by atoms with Crippen molar-refractivity contribution in [3.05, 3.63) is 22.7 Å². The van der Waals surface area contributed by atoms with E-state index in [-0.39, 0.29) is 11.2 Å². The number of aryl methyl sites for hydroxylation is 1. The molecule has 0 bridgehead atoms. The highest BCUT2D eigenvalue weighted by molar-refractivity contribution is 6.28. The lowest BCUT2D eigenvalue weighted by Crippen LogP contribution is -2.33. The zero-order valence-electron chi connectivity index (χ0n) is 9.16. The molecule has 0 aliphatic heterocycles. The third-order valence-corrected chi connectivity index (χ3v) is 3.03. The fourth-order valence-corrected chi connectivity index (χ4v) is 2.11. The first-order chi connectivity index (χ1) is 7.66. The Hall–Kier alpha value is -1.16. The zero-order valence-corrected chi connectivity index (χ0v) is 9.92. The van der Waals surface area contributed by atoms with Crippen molar-refractivity contribution in [1.82, 2.24) is 15.3 Å². The first-order valence-corrected chi connectivity index (χ1v) is 5.84. The predicted octanol–water partition coefficient (Wildman–Crippen LogP) is 2.11. The highest BCUT2D eigenvalue weighted by atomic mass is 35.5. The maximum Gasteiger partial charge on any atom is 0.270 e. The van der Waals surface area contributed by atoms with Crippen LogP contribution >= 0.6 is 11.6 Å². The Morgan fingerprint density at radius 1 is 1.50 bits per heavy atom. The summed E-state index contributed by atoms with van der Waals surface area (Å²) in [5.74, 6) is -0.145. The van der Waals surface area contributed by atoms with Gasteiger partial charge in [-0.1, -0.05) is 12.8 Å². The Morgan fingerprint density at radius 3 is 2.88 bits per heavy atom.